The monoisotopic (exact) mass is 271 g/mol. The molecule has 0 saturated heterocycles. The zero-order chi connectivity index (χ0) is 14.7. The van der Waals surface area contributed by atoms with E-state index in [2.05, 4.69) is 0 Å². The van der Waals surface area contributed by atoms with Gasteiger partial charge in [-0.1, -0.05) is 30.3 Å². The number of nitrogens with zero attached hydrogens (tertiary/aromatic N) is 1. The van der Waals surface area contributed by atoms with Crippen LogP contribution in [0.1, 0.15) is 28.9 Å². The lowest BCUT2D eigenvalue weighted by molar-refractivity contribution is 0.0739. The second kappa shape index (κ2) is 5.65. The van der Waals surface area contributed by atoms with Crippen LogP contribution in [0.3, 0.4) is 0 Å². The number of rotatable bonds is 3. The van der Waals surface area contributed by atoms with Gasteiger partial charge >= 0.3 is 0 Å². The molecule has 4 heteroatoms. The van der Waals surface area contributed by atoms with Gasteiger partial charge in [-0.15, -0.1) is 0 Å². The summed E-state index contributed by atoms with van der Waals surface area (Å²) in [6, 6.07) is 13.5. The van der Waals surface area contributed by atoms with Crippen molar-refractivity contribution >= 4 is 5.91 Å². The molecule has 0 aliphatic carbocycles. The smallest absolute Gasteiger partial charge is 0.257 e. The minimum Gasteiger partial charge on any atom is -0.508 e. The predicted molar refractivity (Wildman–Crippen MR) is 76.7 cm³/mol. The van der Waals surface area contributed by atoms with Gasteiger partial charge in [-0.3, -0.25) is 4.79 Å². The zero-order valence-electron chi connectivity index (χ0n) is 11.4. The van der Waals surface area contributed by atoms with Crippen molar-refractivity contribution in [3.63, 3.8) is 0 Å². The lowest BCUT2D eigenvalue weighted by Crippen LogP contribution is -2.29. The molecule has 20 heavy (non-hydrogen) atoms. The summed E-state index contributed by atoms with van der Waals surface area (Å²) >= 11 is 0. The van der Waals surface area contributed by atoms with E-state index in [0.717, 1.165) is 11.6 Å². The normalized spacial score (nSPS) is 11.9. The van der Waals surface area contributed by atoms with E-state index in [4.69, 9.17) is 0 Å². The third-order valence-electron chi connectivity index (χ3n) is 3.39. The molecule has 2 N–H and O–H groups in total. The summed E-state index contributed by atoms with van der Waals surface area (Å²) in [6.45, 7) is 1.92. The third-order valence-corrected chi connectivity index (χ3v) is 3.39. The lowest BCUT2D eigenvalue weighted by Gasteiger charge is -2.25. The first kappa shape index (κ1) is 13.9. The summed E-state index contributed by atoms with van der Waals surface area (Å²) in [7, 11) is 1.69. The molecule has 104 valence electrons. The minimum atomic E-state index is -0.293. The van der Waals surface area contributed by atoms with Crippen LogP contribution in [0.25, 0.3) is 0 Å². The molecule has 2 aromatic rings. The summed E-state index contributed by atoms with van der Waals surface area (Å²) in [5.74, 6) is -0.584. The zero-order valence-corrected chi connectivity index (χ0v) is 11.4. The maximum Gasteiger partial charge on any atom is 0.257 e. The van der Waals surface area contributed by atoms with E-state index >= 15 is 0 Å². The van der Waals surface area contributed by atoms with Crippen LogP contribution in [0.5, 0.6) is 11.5 Å². The average molecular weight is 271 g/mol. The summed E-state index contributed by atoms with van der Waals surface area (Å²) in [4.78, 5) is 13.9. The van der Waals surface area contributed by atoms with Crippen molar-refractivity contribution < 1.29 is 15.0 Å². The van der Waals surface area contributed by atoms with Crippen LogP contribution in [-0.4, -0.2) is 28.1 Å². The highest BCUT2D eigenvalue weighted by Crippen LogP contribution is 2.26. The fourth-order valence-electron chi connectivity index (χ4n) is 2.02. The summed E-state index contributed by atoms with van der Waals surface area (Å²) < 4.78 is 0. The van der Waals surface area contributed by atoms with Crippen molar-refractivity contribution in [2.45, 2.75) is 13.0 Å². The topological polar surface area (TPSA) is 60.8 Å². The van der Waals surface area contributed by atoms with E-state index < -0.39 is 0 Å². The molecule has 0 aliphatic rings. The Morgan fingerprint density at radius 2 is 1.75 bits per heavy atom. The number of carbonyl (C=O) groups is 1. The van der Waals surface area contributed by atoms with Gasteiger partial charge < -0.3 is 15.1 Å². The van der Waals surface area contributed by atoms with E-state index in [-0.39, 0.29) is 29.0 Å². The molecule has 1 amide bonds. The second-order valence-corrected chi connectivity index (χ2v) is 4.70. The fourth-order valence-corrected chi connectivity index (χ4v) is 2.02. The molecule has 0 bridgehead atoms. The molecule has 0 heterocycles. The van der Waals surface area contributed by atoms with Crippen molar-refractivity contribution in [2.75, 3.05) is 7.05 Å². The Balaban J connectivity index is 2.24. The maximum absolute atomic E-state index is 12.4. The van der Waals surface area contributed by atoms with Crippen LogP contribution in [0.2, 0.25) is 0 Å². The Morgan fingerprint density at radius 3 is 2.35 bits per heavy atom. The number of carbonyl (C=O) groups excluding carboxylic acids is 1. The van der Waals surface area contributed by atoms with E-state index in [0.29, 0.717) is 0 Å². The average Bonchev–Trinajstić information content (AvgIpc) is 2.46. The fraction of sp³-hybridized carbons (Fsp3) is 0.188. The maximum atomic E-state index is 12.4. The first-order valence-electron chi connectivity index (χ1n) is 6.35. The number of aromatic hydroxyl groups is 2. The summed E-state index contributed by atoms with van der Waals surface area (Å²) in [5.41, 5.74) is 1.19. The molecule has 0 unspecified atom stereocenters. The quantitative estimate of drug-likeness (QED) is 0.902. The molecule has 2 aromatic carbocycles. The molecule has 1 atom stereocenters. The largest absolute Gasteiger partial charge is 0.508 e. The van der Waals surface area contributed by atoms with Crippen molar-refractivity contribution in [3.8, 4) is 11.5 Å². The van der Waals surface area contributed by atoms with Crippen LogP contribution < -0.4 is 0 Å². The predicted octanol–water partition coefficient (Wildman–Crippen LogP) is 2.93. The third kappa shape index (κ3) is 2.74. The Bertz CT molecular complexity index is 610. The number of hydrogen-bond donors (Lipinski definition) is 2. The van der Waals surface area contributed by atoms with Gasteiger partial charge in [0.15, 0.2) is 0 Å². The molecule has 0 saturated carbocycles. The SMILES string of the molecule is C[C@@H](c1ccccc1)N(C)C(=O)c1ccc(O)cc1O. The molecule has 4 nitrogen and oxygen atoms in total. The molecule has 0 fully saturated rings. The van der Waals surface area contributed by atoms with Crippen molar-refractivity contribution in [2.24, 2.45) is 0 Å². The number of amides is 1. The van der Waals surface area contributed by atoms with E-state index in [1.807, 2.05) is 37.3 Å². The molecule has 0 aromatic heterocycles. The van der Waals surface area contributed by atoms with Gasteiger partial charge in [0.25, 0.3) is 5.91 Å². The lowest BCUT2D eigenvalue weighted by atomic mass is 10.1. The highest BCUT2D eigenvalue weighted by molar-refractivity contribution is 5.97. The Morgan fingerprint density at radius 1 is 1.10 bits per heavy atom. The van der Waals surface area contributed by atoms with Gasteiger partial charge in [0.2, 0.25) is 0 Å². The van der Waals surface area contributed by atoms with Gasteiger partial charge in [0.1, 0.15) is 11.5 Å². The highest BCUT2D eigenvalue weighted by atomic mass is 16.3. The summed E-state index contributed by atoms with van der Waals surface area (Å²) in [5, 5.41) is 19.0. The molecule has 0 aliphatic heterocycles. The van der Waals surface area contributed by atoms with E-state index in [9.17, 15) is 15.0 Å². The molecular formula is C16H17NO3. The number of benzene rings is 2. The molecular weight excluding hydrogens is 254 g/mol. The first-order valence-corrected chi connectivity index (χ1v) is 6.35. The van der Waals surface area contributed by atoms with E-state index in [1.165, 1.54) is 12.1 Å². The molecule has 2 rings (SSSR count). The Labute approximate surface area is 117 Å². The second-order valence-electron chi connectivity index (χ2n) is 4.70. The van der Waals surface area contributed by atoms with Crippen LogP contribution >= 0.6 is 0 Å². The Hall–Kier alpha value is -2.49. The van der Waals surface area contributed by atoms with Crippen molar-refractivity contribution in [1.29, 1.82) is 0 Å². The van der Waals surface area contributed by atoms with Gasteiger partial charge in [0.05, 0.1) is 11.6 Å². The Kier molecular flexibility index (Phi) is 3.94. The van der Waals surface area contributed by atoms with Gasteiger partial charge in [-0.2, -0.15) is 0 Å². The first-order chi connectivity index (χ1) is 9.50. The molecule has 0 radical (unpaired) electrons. The standard InChI is InChI=1S/C16H17NO3/c1-11(12-6-4-3-5-7-12)17(2)16(20)14-9-8-13(18)10-15(14)19/h3-11,18-19H,1-2H3/t11-/m0/s1. The van der Waals surface area contributed by atoms with Crippen molar-refractivity contribution in [1.82, 2.24) is 4.90 Å². The van der Waals surface area contributed by atoms with E-state index in [1.54, 1.807) is 11.9 Å². The van der Waals surface area contributed by atoms with Crippen LogP contribution in [-0.2, 0) is 0 Å². The van der Waals surface area contributed by atoms with Gasteiger partial charge in [-0.05, 0) is 24.6 Å². The van der Waals surface area contributed by atoms with Gasteiger partial charge in [-0.25, -0.2) is 0 Å². The summed E-state index contributed by atoms with van der Waals surface area (Å²) in [6.07, 6.45) is 0. The van der Waals surface area contributed by atoms with Gasteiger partial charge in [0, 0.05) is 13.1 Å². The van der Waals surface area contributed by atoms with Crippen molar-refractivity contribution in [3.05, 3.63) is 59.7 Å². The number of phenols is 2. The molecule has 0 spiro atoms. The number of hydrogen-bond acceptors (Lipinski definition) is 3. The number of phenolic OH excluding ortho intramolecular Hbond substituents is 2. The van der Waals surface area contributed by atoms with Crippen LogP contribution in [0.4, 0.5) is 0 Å². The highest BCUT2D eigenvalue weighted by Gasteiger charge is 2.21. The van der Waals surface area contributed by atoms with Crippen LogP contribution in [0, 0.1) is 0 Å². The minimum absolute atomic E-state index is 0.0715. The van der Waals surface area contributed by atoms with Crippen LogP contribution in [0.15, 0.2) is 48.5 Å².